The molecule has 0 fully saturated rings. The third-order valence-electron chi connectivity index (χ3n) is 2.94. The maximum Gasteiger partial charge on any atom is 0.218 e. The van der Waals surface area contributed by atoms with Gasteiger partial charge in [0.25, 0.3) is 0 Å². The van der Waals surface area contributed by atoms with Gasteiger partial charge >= 0.3 is 0 Å². The van der Waals surface area contributed by atoms with Crippen molar-refractivity contribution in [1.29, 1.82) is 5.26 Å². The van der Waals surface area contributed by atoms with Gasteiger partial charge in [-0.15, -0.1) is 0 Å². The maximum atomic E-state index is 9.19. The van der Waals surface area contributed by atoms with Crippen LogP contribution in [0, 0.1) is 11.3 Å². The lowest BCUT2D eigenvalue weighted by Crippen LogP contribution is -2.13. The van der Waals surface area contributed by atoms with Crippen LogP contribution in [0.5, 0.6) is 5.88 Å². The highest BCUT2D eigenvalue weighted by Gasteiger charge is 2.16. The molecule has 2 rings (SSSR count). The van der Waals surface area contributed by atoms with Gasteiger partial charge in [-0.2, -0.15) is 5.26 Å². The Morgan fingerprint density at radius 3 is 2.85 bits per heavy atom. The van der Waals surface area contributed by atoms with E-state index >= 15 is 0 Å². The van der Waals surface area contributed by atoms with Crippen LogP contribution in [0.25, 0.3) is 0 Å². The summed E-state index contributed by atoms with van der Waals surface area (Å²) in [5.74, 6) is 1.29. The van der Waals surface area contributed by atoms with Gasteiger partial charge in [-0.1, -0.05) is 0 Å². The van der Waals surface area contributed by atoms with Crippen molar-refractivity contribution >= 4 is 5.69 Å². The number of hydrogen-bond acceptors (Lipinski definition) is 5. The number of aromatic nitrogens is 3. The number of methoxy groups -OCH3 is 1. The molecule has 0 aliphatic heterocycles. The Labute approximate surface area is 117 Å². The third-order valence-corrected chi connectivity index (χ3v) is 2.94. The van der Waals surface area contributed by atoms with E-state index in [1.165, 1.54) is 0 Å². The maximum absolute atomic E-state index is 9.19. The molecular formula is C13H17N5O2. The number of hydrogen-bond donors (Lipinski definition) is 1. The zero-order valence-electron chi connectivity index (χ0n) is 11.5. The van der Waals surface area contributed by atoms with Crippen molar-refractivity contribution in [2.45, 2.75) is 6.54 Å². The number of nitrogens with zero attached hydrogens (tertiary/aromatic N) is 4. The number of ether oxygens (including phenoxy) is 2. The Hall–Kier alpha value is -2.46. The highest BCUT2D eigenvalue weighted by Crippen LogP contribution is 2.27. The Kier molecular flexibility index (Phi) is 4.27. The fraction of sp³-hybridized carbons (Fsp3) is 0.385. The first-order valence-corrected chi connectivity index (χ1v) is 6.14. The van der Waals surface area contributed by atoms with Gasteiger partial charge in [0, 0.05) is 32.6 Å². The standard InChI is InChI=1S/C13H17N5O2/c1-17-4-3-16-12(17)9-18-10(8-14)7-11(15)13(18)20-6-5-19-2/h3-4,7H,5-6,9,15H2,1-2H3. The van der Waals surface area contributed by atoms with E-state index in [0.717, 1.165) is 5.82 Å². The van der Waals surface area contributed by atoms with Gasteiger partial charge in [0.1, 0.15) is 24.2 Å². The van der Waals surface area contributed by atoms with E-state index in [1.54, 1.807) is 23.9 Å². The number of anilines is 1. The van der Waals surface area contributed by atoms with Crippen molar-refractivity contribution in [2.75, 3.05) is 26.1 Å². The average molecular weight is 275 g/mol. The number of nitrogens with two attached hydrogens (primary N) is 1. The molecule has 0 saturated heterocycles. The fourth-order valence-corrected chi connectivity index (χ4v) is 1.87. The van der Waals surface area contributed by atoms with Crippen molar-refractivity contribution in [3.63, 3.8) is 0 Å². The molecule has 0 unspecified atom stereocenters. The van der Waals surface area contributed by atoms with Crippen LogP contribution in [0.15, 0.2) is 18.5 Å². The molecule has 0 amide bonds. The number of aryl methyl sites for hydroxylation is 1. The highest BCUT2D eigenvalue weighted by atomic mass is 16.5. The molecule has 20 heavy (non-hydrogen) atoms. The van der Waals surface area contributed by atoms with Crippen LogP contribution in [0.1, 0.15) is 11.5 Å². The predicted molar refractivity (Wildman–Crippen MR) is 73.2 cm³/mol. The van der Waals surface area contributed by atoms with Crippen molar-refractivity contribution in [3.05, 3.63) is 30.0 Å². The lowest BCUT2D eigenvalue weighted by Gasteiger charge is -2.12. The molecule has 0 aliphatic carbocycles. The fourth-order valence-electron chi connectivity index (χ4n) is 1.87. The summed E-state index contributed by atoms with van der Waals surface area (Å²) in [5, 5.41) is 9.19. The second-order valence-corrected chi connectivity index (χ2v) is 4.28. The molecule has 0 saturated carbocycles. The largest absolute Gasteiger partial charge is 0.475 e. The number of nitrogen functional groups attached to an aromatic ring is 1. The van der Waals surface area contributed by atoms with Gasteiger partial charge in [-0.25, -0.2) is 4.98 Å². The number of rotatable bonds is 6. The smallest absolute Gasteiger partial charge is 0.218 e. The van der Waals surface area contributed by atoms with E-state index in [2.05, 4.69) is 11.1 Å². The SMILES string of the molecule is COCCOc1c(N)cc(C#N)n1Cc1nccn1C. The zero-order valence-corrected chi connectivity index (χ0v) is 11.5. The summed E-state index contributed by atoms with van der Waals surface area (Å²) in [4.78, 5) is 4.24. The second kappa shape index (κ2) is 6.12. The Balaban J connectivity index is 2.29. The minimum Gasteiger partial charge on any atom is -0.475 e. The van der Waals surface area contributed by atoms with Crippen LogP contribution < -0.4 is 10.5 Å². The van der Waals surface area contributed by atoms with E-state index in [4.69, 9.17) is 15.2 Å². The Bertz CT molecular complexity index is 623. The van der Waals surface area contributed by atoms with E-state index in [9.17, 15) is 5.26 Å². The summed E-state index contributed by atoms with van der Waals surface area (Å²) in [5.41, 5.74) is 6.78. The molecule has 2 aromatic rings. The molecule has 0 aliphatic rings. The van der Waals surface area contributed by atoms with Gasteiger partial charge in [-0.3, -0.25) is 4.57 Å². The van der Waals surface area contributed by atoms with Crippen LogP contribution in [-0.4, -0.2) is 34.4 Å². The molecule has 106 valence electrons. The predicted octanol–water partition coefficient (Wildman–Crippen LogP) is 0.749. The molecule has 0 aromatic carbocycles. The number of imidazole rings is 1. The van der Waals surface area contributed by atoms with Crippen molar-refractivity contribution in [2.24, 2.45) is 7.05 Å². The molecule has 2 N–H and O–H groups in total. The van der Waals surface area contributed by atoms with Crippen LogP contribution >= 0.6 is 0 Å². The van der Waals surface area contributed by atoms with Gasteiger partial charge in [0.15, 0.2) is 0 Å². The third kappa shape index (κ3) is 2.75. The lowest BCUT2D eigenvalue weighted by atomic mass is 10.4. The molecule has 0 bridgehead atoms. The minimum absolute atomic E-state index is 0.371. The lowest BCUT2D eigenvalue weighted by molar-refractivity contribution is 0.141. The molecule has 0 radical (unpaired) electrons. The second-order valence-electron chi connectivity index (χ2n) is 4.28. The highest BCUT2D eigenvalue weighted by molar-refractivity contribution is 5.55. The quantitative estimate of drug-likeness (QED) is 0.785. The molecule has 7 heteroatoms. The zero-order chi connectivity index (χ0) is 14.5. The monoisotopic (exact) mass is 275 g/mol. The van der Waals surface area contributed by atoms with Crippen molar-refractivity contribution in [1.82, 2.24) is 14.1 Å². The summed E-state index contributed by atoms with van der Waals surface area (Å²) < 4.78 is 14.1. The number of nitriles is 1. The van der Waals surface area contributed by atoms with E-state index in [-0.39, 0.29) is 0 Å². The van der Waals surface area contributed by atoms with Gasteiger partial charge in [0.2, 0.25) is 5.88 Å². The van der Waals surface area contributed by atoms with Crippen LogP contribution in [0.4, 0.5) is 5.69 Å². The molecular weight excluding hydrogens is 258 g/mol. The molecule has 0 spiro atoms. The summed E-state index contributed by atoms with van der Waals surface area (Å²) in [6.45, 7) is 1.25. The van der Waals surface area contributed by atoms with Crippen LogP contribution in [0.2, 0.25) is 0 Å². The van der Waals surface area contributed by atoms with Crippen molar-refractivity contribution in [3.8, 4) is 11.9 Å². The van der Waals surface area contributed by atoms with E-state index in [0.29, 0.717) is 37.0 Å². The summed E-state index contributed by atoms with van der Waals surface area (Å²) in [6.07, 6.45) is 3.55. The molecule has 7 nitrogen and oxygen atoms in total. The van der Waals surface area contributed by atoms with E-state index in [1.807, 2.05) is 17.8 Å². The first kappa shape index (κ1) is 14.0. The van der Waals surface area contributed by atoms with Gasteiger partial charge in [-0.05, 0) is 0 Å². The summed E-state index contributed by atoms with van der Waals surface area (Å²) in [6, 6.07) is 3.72. The van der Waals surface area contributed by atoms with E-state index < -0.39 is 0 Å². The average Bonchev–Trinajstić information content (AvgIpc) is 2.96. The molecule has 0 atom stereocenters. The van der Waals surface area contributed by atoms with Crippen LogP contribution in [-0.2, 0) is 18.3 Å². The summed E-state index contributed by atoms with van der Waals surface area (Å²) >= 11 is 0. The minimum atomic E-state index is 0.371. The van der Waals surface area contributed by atoms with Crippen LogP contribution in [0.3, 0.4) is 0 Å². The van der Waals surface area contributed by atoms with Gasteiger partial charge in [0.05, 0.1) is 18.8 Å². The Morgan fingerprint density at radius 2 is 2.25 bits per heavy atom. The summed E-state index contributed by atoms with van der Waals surface area (Å²) in [7, 11) is 3.49. The first-order valence-electron chi connectivity index (χ1n) is 6.14. The topological polar surface area (TPSA) is 91.0 Å². The Morgan fingerprint density at radius 1 is 1.45 bits per heavy atom. The van der Waals surface area contributed by atoms with Gasteiger partial charge < -0.3 is 19.8 Å². The first-order chi connectivity index (χ1) is 9.67. The molecule has 2 aromatic heterocycles. The normalized spacial score (nSPS) is 10.4. The molecule has 2 heterocycles. The van der Waals surface area contributed by atoms with Crippen molar-refractivity contribution < 1.29 is 9.47 Å².